The Labute approximate surface area is 127 Å². The van der Waals surface area contributed by atoms with Crippen molar-refractivity contribution < 1.29 is 9.53 Å². The lowest BCUT2D eigenvalue weighted by atomic mass is 9.88. The molecule has 3 N–H and O–H groups in total. The van der Waals surface area contributed by atoms with Gasteiger partial charge in [0.2, 0.25) is 0 Å². The predicted molar refractivity (Wildman–Crippen MR) is 84.7 cm³/mol. The quantitative estimate of drug-likeness (QED) is 0.878. The van der Waals surface area contributed by atoms with Gasteiger partial charge in [-0.1, -0.05) is 19.9 Å². The van der Waals surface area contributed by atoms with Crippen LogP contribution >= 0.6 is 12.4 Å². The molecule has 1 amide bonds. The van der Waals surface area contributed by atoms with Crippen LogP contribution in [0.25, 0.3) is 0 Å². The number of halogens is 1. The smallest absolute Gasteiger partial charge is 0.251 e. The maximum atomic E-state index is 12.3. The van der Waals surface area contributed by atoms with Gasteiger partial charge in [0.05, 0.1) is 12.6 Å². The van der Waals surface area contributed by atoms with Crippen molar-refractivity contribution in [1.82, 2.24) is 5.32 Å². The van der Waals surface area contributed by atoms with Crippen LogP contribution in [0.4, 0.5) is 0 Å². The highest BCUT2D eigenvalue weighted by Gasteiger charge is 2.29. The number of nitrogens with one attached hydrogen (secondary N) is 1. The Morgan fingerprint density at radius 3 is 2.50 bits per heavy atom. The molecule has 0 saturated carbocycles. The van der Waals surface area contributed by atoms with Gasteiger partial charge in [-0.15, -0.1) is 12.4 Å². The fourth-order valence-corrected chi connectivity index (χ4v) is 1.72. The van der Waals surface area contributed by atoms with E-state index in [1.807, 2.05) is 33.8 Å². The molecule has 1 rings (SSSR count). The van der Waals surface area contributed by atoms with E-state index in [-0.39, 0.29) is 24.2 Å². The van der Waals surface area contributed by atoms with Crippen LogP contribution in [0.1, 0.15) is 36.7 Å². The Hall–Kier alpha value is -1.26. The van der Waals surface area contributed by atoms with Gasteiger partial charge in [0.15, 0.2) is 0 Å². The van der Waals surface area contributed by atoms with E-state index in [4.69, 9.17) is 10.5 Å². The van der Waals surface area contributed by atoms with Gasteiger partial charge < -0.3 is 15.8 Å². The summed E-state index contributed by atoms with van der Waals surface area (Å²) in [7, 11) is 1.60. The van der Waals surface area contributed by atoms with E-state index in [9.17, 15) is 4.79 Å². The minimum atomic E-state index is -0.408. The van der Waals surface area contributed by atoms with Crippen molar-refractivity contribution >= 4 is 18.3 Å². The van der Waals surface area contributed by atoms with E-state index >= 15 is 0 Å². The standard InChI is InChI=1S/C15H24N2O2.ClH/c1-10(2)15(4,9-16)17-14(18)12-7-6-11(3)13(8-12)19-5;/h6-8,10H,9,16H2,1-5H3,(H,17,18);1H. The van der Waals surface area contributed by atoms with E-state index in [2.05, 4.69) is 5.32 Å². The minimum absolute atomic E-state index is 0. The molecule has 0 fully saturated rings. The number of hydrogen-bond donors (Lipinski definition) is 2. The summed E-state index contributed by atoms with van der Waals surface area (Å²) in [5, 5.41) is 3.01. The molecule has 0 heterocycles. The van der Waals surface area contributed by atoms with Gasteiger partial charge in [0, 0.05) is 12.1 Å². The number of carbonyl (C=O) groups excluding carboxylic acids is 1. The average Bonchev–Trinajstić information content (AvgIpc) is 2.38. The Balaban J connectivity index is 0.00000361. The fourth-order valence-electron chi connectivity index (χ4n) is 1.72. The average molecular weight is 301 g/mol. The molecule has 4 nitrogen and oxygen atoms in total. The van der Waals surface area contributed by atoms with Crippen LogP contribution in [0.3, 0.4) is 0 Å². The van der Waals surface area contributed by atoms with Crippen molar-refractivity contribution in [3.63, 3.8) is 0 Å². The molecule has 20 heavy (non-hydrogen) atoms. The predicted octanol–water partition coefficient (Wildman–Crippen LogP) is 2.53. The second kappa shape index (κ2) is 7.50. The Kier molecular flexibility index (Phi) is 7.03. The van der Waals surface area contributed by atoms with Crippen molar-refractivity contribution in [2.45, 2.75) is 33.2 Å². The second-order valence-corrected chi connectivity index (χ2v) is 5.41. The van der Waals surface area contributed by atoms with Crippen LogP contribution in [-0.2, 0) is 0 Å². The minimum Gasteiger partial charge on any atom is -0.496 e. The molecule has 1 aromatic carbocycles. The van der Waals surface area contributed by atoms with Gasteiger partial charge in [0.25, 0.3) is 5.91 Å². The molecule has 0 radical (unpaired) electrons. The topological polar surface area (TPSA) is 64.3 Å². The number of aryl methyl sites for hydroxylation is 1. The Morgan fingerprint density at radius 2 is 2.05 bits per heavy atom. The maximum Gasteiger partial charge on any atom is 0.251 e. The third-order valence-corrected chi connectivity index (χ3v) is 3.77. The summed E-state index contributed by atoms with van der Waals surface area (Å²) in [4.78, 5) is 12.3. The second-order valence-electron chi connectivity index (χ2n) is 5.41. The zero-order chi connectivity index (χ0) is 14.6. The molecule has 5 heteroatoms. The van der Waals surface area contributed by atoms with Gasteiger partial charge in [0.1, 0.15) is 5.75 Å². The van der Waals surface area contributed by atoms with E-state index in [1.165, 1.54) is 0 Å². The molecule has 0 bridgehead atoms. The van der Waals surface area contributed by atoms with Gasteiger partial charge >= 0.3 is 0 Å². The lowest BCUT2D eigenvalue weighted by Gasteiger charge is -2.33. The van der Waals surface area contributed by atoms with Crippen LogP contribution in [0.15, 0.2) is 18.2 Å². The summed E-state index contributed by atoms with van der Waals surface area (Å²) in [6.45, 7) is 8.39. The molecule has 0 aromatic heterocycles. The molecule has 0 aliphatic rings. The molecule has 0 spiro atoms. The Morgan fingerprint density at radius 1 is 1.45 bits per heavy atom. The summed E-state index contributed by atoms with van der Waals surface area (Å²) in [5.41, 5.74) is 6.96. The van der Waals surface area contributed by atoms with Gasteiger partial charge in [-0.25, -0.2) is 0 Å². The first-order valence-corrected chi connectivity index (χ1v) is 6.51. The zero-order valence-corrected chi connectivity index (χ0v) is 13.6. The summed E-state index contributed by atoms with van der Waals surface area (Å²) in [6.07, 6.45) is 0. The van der Waals surface area contributed by atoms with Crippen molar-refractivity contribution in [2.75, 3.05) is 13.7 Å². The summed E-state index contributed by atoms with van der Waals surface area (Å²) in [6, 6.07) is 5.43. The number of methoxy groups -OCH3 is 1. The fraction of sp³-hybridized carbons (Fsp3) is 0.533. The third-order valence-electron chi connectivity index (χ3n) is 3.77. The van der Waals surface area contributed by atoms with Gasteiger partial charge in [-0.3, -0.25) is 4.79 Å². The van der Waals surface area contributed by atoms with E-state index in [1.54, 1.807) is 19.2 Å². The molecule has 0 aliphatic carbocycles. The normalized spacial score (nSPS) is 13.3. The molecule has 1 aromatic rings. The maximum absolute atomic E-state index is 12.3. The number of amides is 1. The summed E-state index contributed by atoms with van der Waals surface area (Å²) in [5.74, 6) is 0.848. The highest BCUT2D eigenvalue weighted by molar-refractivity contribution is 5.95. The number of rotatable bonds is 5. The lowest BCUT2D eigenvalue weighted by molar-refractivity contribution is 0.0883. The van der Waals surface area contributed by atoms with Crippen LogP contribution in [0, 0.1) is 12.8 Å². The van der Waals surface area contributed by atoms with Crippen molar-refractivity contribution in [3.05, 3.63) is 29.3 Å². The van der Waals surface area contributed by atoms with Gasteiger partial charge in [-0.05, 0) is 37.5 Å². The number of ether oxygens (including phenoxy) is 1. The molecule has 114 valence electrons. The Bertz CT molecular complexity index is 463. The highest BCUT2D eigenvalue weighted by Crippen LogP contribution is 2.20. The molecule has 1 atom stereocenters. The van der Waals surface area contributed by atoms with Crippen LogP contribution < -0.4 is 15.8 Å². The number of benzene rings is 1. The number of carbonyl (C=O) groups is 1. The summed E-state index contributed by atoms with van der Waals surface area (Å²) < 4.78 is 5.24. The molecular formula is C15H25ClN2O2. The van der Waals surface area contributed by atoms with Crippen molar-refractivity contribution in [1.29, 1.82) is 0 Å². The van der Waals surface area contributed by atoms with E-state index < -0.39 is 5.54 Å². The zero-order valence-electron chi connectivity index (χ0n) is 12.8. The highest BCUT2D eigenvalue weighted by atomic mass is 35.5. The van der Waals surface area contributed by atoms with Crippen LogP contribution in [0.2, 0.25) is 0 Å². The van der Waals surface area contributed by atoms with Crippen molar-refractivity contribution in [2.24, 2.45) is 11.7 Å². The monoisotopic (exact) mass is 300 g/mol. The largest absolute Gasteiger partial charge is 0.496 e. The van der Waals surface area contributed by atoms with E-state index in [0.717, 1.165) is 5.56 Å². The van der Waals surface area contributed by atoms with E-state index in [0.29, 0.717) is 17.9 Å². The molecule has 0 aliphatic heterocycles. The van der Waals surface area contributed by atoms with Crippen molar-refractivity contribution in [3.8, 4) is 5.75 Å². The summed E-state index contributed by atoms with van der Waals surface area (Å²) >= 11 is 0. The van der Waals surface area contributed by atoms with Crippen LogP contribution in [-0.4, -0.2) is 25.1 Å². The third kappa shape index (κ3) is 4.12. The van der Waals surface area contributed by atoms with Gasteiger partial charge in [-0.2, -0.15) is 0 Å². The van der Waals surface area contributed by atoms with Crippen LogP contribution in [0.5, 0.6) is 5.75 Å². The first kappa shape index (κ1) is 18.7. The number of nitrogens with two attached hydrogens (primary N) is 1. The molecule has 1 unspecified atom stereocenters. The lowest BCUT2D eigenvalue weighted by Crippen LogP contribution is -2.55. The molecular weight excluding hydrogens is 276 g/mol. The molecule has 0 saturated heterocycles. The first-order chi connectivity index (χ1) is 8.84. The SMILES string of the molecule is COc1cc(C(=O)NC(C)(CN)C(C)C)ccc1C.Cl. The number of hydrogen-bond acceptors (Lipinski definition) is 3. The first-order valence-electron chi connectivity index (χ1n) is 6.51.